The van der Waals surface area contributed by atoms with Gasteiger partial charge in [0.1, 0.15) is 5.82 Å². The molecule has 0 spiro atoms. The maximum atomic E-state index is 9.30. The van der Waals surface area contributed by atoms with Crippen molar-refractivity contribution in [1.29, 1.82) is 0 Å². The van der Waals surface area contributed by atoms with E-state index in [4.69, 9.17) is 0 Å². The molecule has 1 heterocycles. The van der Waals surface area contributed by atoms with E-state index in [0.717, 1.165) is 23.5 Å². The third-order valence-corrected chi connectivity index (χ3v) is 3.58. The number of aliphatic hydroxyl groups is 1. The Morgan fingerprint density at radius 2 is 1.89 bits per heavy atom. The molecule has 0 fully saturated rings. The van der Waals surface area contributed by atoms with Crippen LogP contribution in [0.15, 0.2) is 30.5 Å². The van der Waals surface area contributed by atoms with Gasteiger partial charge in [-0.1, -0.05) is 45.0 Å². The summed E-state index contributed by atoms with van der Waals surface area (Å²) in [4.78, 5) is 7.69. The second-order valence-electron chi connectivity index (χ2n) is 5.25. The fraction of sp³-hybridized carbons (Fsp3) is 0.438. The topological polar surface area (TPSA) is 48.9 Å². The van der Waals surface area contributed by atoms with Crippen molar-refractivity contribution in [2.45, 2.75) is 39.0 Å². The van der Waals surface area contributed by atoms with E-state index in [1.54, 1.807) is 0 Å². The highest BCUT2D eigenvalue weighted by atomic mass is 16.3. The number of rotatable bonds is 5. The van der Waals surface area contributed by atoms with Crippen LogP contribution in [-0.4, -0.2) is 21.7 Å². The van der Waals surface area contributed by atoms with Gasteiger partial charge in [-0.3, -0.25) is 0 Å². The van der Waals surface area contributed by atoms with Crippen molar-refractivity contribution in [3.8, 4) is 11.3 Å². The summed E-state index contributed by atoms with van der Waals surface area (Å²) >= 11 is 0. The molecule has 102 valence electrons. The van der Waals surface area contributed by atoms with Gasteiger partial charge < -0.3 is 10.1 Å². The monoisotopic (exact) mass is 258 g/mol. The minimum absolute atomic E-state index is 0.101. The fourth-order valence-electron chi connectivity index (χ4n) is 2.15. The van der Waals surface area contributed by atoms with E-state index >= 15 is 0 Å². The number of imidazole rings is 1. The highest BCUT2D eigenvalue weighted by Gasteiger charge is 2.12. The van der Waals surface area contributed by atoms with Crippen LogP contribution in [0.4, 0.5) is 0 Å². The summed E-state index contributed by atoms with van der Waals surface area (Å²) in [6, 6.07) is 8.55. The van der Waals surface area contributed by atoms with Crippen LogP contribution in [0.25, 0.3) is 11.3 Å². The van der Waals surface area contributed by atoms with Gasteiger partial charge in [-0.15, -0.1) is 0 Å². The van der Waals surface area contributed by atoms with Crippen LogP contribution >= 0.6 is 0 Å². The van der Waals surface area contributed by atoms with E-state index in [1.807, 2.05) is 6.20 Å². The van der Waals surface area contributed by atoms with Gasteiger partial charge in [0, 0.05) is 5.92 Å². The van der Waals surface area contributed by atoms with Crippen LogP contribution in [-0.2, 0) is 0 Å². The summed E-state index contributed by atoms with van der Waals surface area (Å²) in [7, 11) is 0. The first kappa shape index (κ1) is 13.8. The third kappa shape index (κ3) is 3.04. The van der Waals surface area contributed by atoms with Gasteiger partial charge in [0.25, 0.3) is 0 Å². The van der Waals surface area contributed by atoms with E-state index < -0.39 is 0 Å². The zero-order valence-corrected chi connectivity index (χ0v) is 11.9. The van der Waals surface area contributed by atoms with E-state index in [2.05, 4.69) is 55.0 Å². The Morgan fingerprint density at radius 3 is 2.42 bits per heavy atom. The lowest BCUT2D eigenvalue weighted by atomic mass is 10.0. The van der Waals surface area contributed by atoms with E-state index in [1.165, 1.54) is 5.56 Å². The first-order valence-corrected chi connectivity index (χ1v) is 6.91. The molecule has 1 unspecified atom stereocenters. The molecule has 0 aliphatic carbocycles. The first-order chi connectivity index (χ1) is 9.15. The average molecular weight is 258 g/mol. The van der Waals surface area contributed by atoms with E-state index in [9.17, 15) is 5.11 Å². The van der Waals surface area contributed by atoms with Crippen molar-refractivity contribution >= 4 is 0 Å². The molecule has 0 aliphatic rings. The standard InChI is InChI=1S/C16H22N2O/c1-4-12(10-19)16-17-9-15(18-16)14-7-5-13(6-8-14)11(2)3/h5-9,11-12,19H,4,10H2,1-3H3,(H,17,18). The minimum Gasteiger partial charge on any atom is -0.396 e. The summed E-state index contributed by atoms with van der Waals surface area (Å²) in [5.74, 6) is 1.52. The lowest BCUT2D eigenvalue weighted by Gasteiger charge is -2.08. The highest BCUT2D eigenvalue weighted by molar-refractivity contribution is 5.59. The number of hydrogen-bond donors (Lipinski definition) is 2. The highest BCUT2D eigenvalue weighted by Crippen LogP contribution is 2.23. The molecule has 0 radical (unpaired) electrons. The second-order valence-corrected chi connectivity index (χ2v) is 5.25. The van der Waals surface area contributed by atoms with Crippen LogP contribution in [0, 0.1) is 0 Å². The molecule has 0 saturated carbocycles. The lowest BCUT2D eigenvalue weighted by molar-refractivity contribution is 0.258. The first-order valence-electron chi connectivity index (χ1n) is 6.91. The molecule has 1 atom stereocenters. The number of aliphatic hydroxyl groups excluding tert-OH is 1. The van der Waals surface area contributed by atoms with Crippen molar-refractivity contribution in [2.24, 2.45) is 0 Å². The van der Waals surface area contributed by atoms with Gasteiger partial charge in [0.2, 0.25) is 0 Å². The number of nitrogens with one attached hydrogen (secondary N) is 1. The Labute approximate surface area is 114 Å². The van der Waals surface area contributed by atoms with Crippen molar-refractivity contribution in [3.63, 3.8) is 0 Å². The van der Waals surface area contributed by atoms with Crippen molar-refractivity contribution in [1.82, 2.24) is 9.97 Å². The molecule has 2 aromatic rings. The van der Waals surface area contributed by atoms with Gasteiger partial charge >= 0.3 is 0 Å². The van der Waals surface area contributed by atoms with Crippen molar-refractivity contribution in [3.05, 3.63) is 41.9 Å². The molecule has 3 nitrogen and oxygen atoms in total. The van der Waals surface area contributed by atoms with Crippen LogP contribution in [0.3, 0.4) is 0 Å². The van der Waals surface area contributed by atoms with Crippen LogP contribution in [0.1, 0.15) is 50.4 Å². The van der Waals surface area contributed by atoms with Gasteiger partial charge in [-0.25, -0.2) is 4.98 Å². The Bertz CT molecular complexity index is 510. The second kappa shape index (κ2) is 6.02. The molecule has 19 heavy (non-hydrogen) atoms. The average Bonchev–Trinajstić information content (AvgIpc) is 2.90. The lowest BCUT2D eigenvalue weighted by Crippen LogP contribution is -2.04. The zero-order chi connectivity index (χ0) is 13.8. The molecule has 1 aromatic carbocycles. The molecular formula is C16H22N2O. The van der Waals surface area contributed by atoms with Crippen LogP contribution in [0.2, 0.25) is 0 Å². The predicted octanol–water partition coefficient (Wildman–Crippen LogP) is 3.69. The quantitative estimate of drug-likeness (QED) is 0.859. The molecule has 0 saturated heterocycles. The van der Waals surface area contributed by atoms with E-state index in [-0.39, 0.29) is 12.5 Å². The third-order valence-electron chi connectivity index (χ3n) is 3.58. The summed E-state index contributed by atoms with van der Waals surface area (Å²) < 4.78 is 0. The molecule has 2 rings (SSSR count). The molecule has 2 N–H and O–H groups in total. The predicted molar refractivity (Wildman–Crippen MR) is 78.2 cm³/mol. The van der Waals surface area contributed by atoms with Crippen LogP contribution < -0.4 is 0 Å². The summed E-state index contributed by atoms with van der Waals surface area (Å²) in [6.45, 7) is 6.57. The summed E-state index contributed by atoms with van der Waals surface area (Å²) in [5.41, 5.74) is 3.48. The number of aromatic amines is 1. The zero-order valence-electron chi connectivity index (χ0n) is 11.9. The molecular weight excluding hydrogens is 236 g/mol. The van der Waals surface area contributed by atoms with E-state index in [0.29, 0.717) is 5.92 Å². The fourth-order valence-corrected chi connectivity index (χ4v) is 2.15. The molecule has 3 heteroatoms. The number of H-pyrrole nitrogens is 1. The molecule has 0 amide bonds. The minimum atomic E-state index is 0.101. The molecule has 0 aliphatic heterocycles. The summed E-state index contributed by atoms with van der Waals surface area (Å²) in [6.07, 6.45) is 2.73. The SMILES string of the molecule is CCC(CO)c1ncc(-c2ccc(C(C)C)cc2)[nH]1. The maximum Gasteiger partial charge on any atom is 0.111 e. The number of aromatic nitrogens is 2. The van der Waals surface area contributed by atoms with Gasteiger partial charge in [-0.2, -0.15) is 0 Å². The number of benzene rings is 1. The Balaban J connectivity index is 2.22. The van der Waals surface area contributed by atoms with Crippen molar-refractivity contribution < 1.29 is 5.11 Å². The smallest absolute Gasteiger partial charge is 0.111 e. The van der Waals surface area contributed by atoms with Gasteiger partial charge in [-0.05, 0) is 23.5 Å². The normalized spacial score (nSPS) is 12.9. The van der Waals surface area contributed by atoms with Gasteiger partial charge in [0.05, 0.1) is 18.5 Å². The number of nitrogens with zero attached hydrogens (tertiary/aromatic N) is 1. The Hall–Kier alpha value is -1.61. The Morgan fingerprint density at radius 1 is 1.21 bits per heavy atom. The van der Waals surface area contributed by atoms with Gasteiger partial charge in [0.15, 0.2) is 0 Å². The van der Waals surface area contributed by atoms with Crippen molar-refractivity contribution in [2.75, 3.05) is 6.61 Å². The molecule has 0 bridgehead atoms. The Kier molecular flexibility index (Phi) is 4.38. The number of hydrogen-bond acceptors (Lipinski definition) is 2. The summed E-state index contributed by atoms with van der Waals surface area (Å²) in [5, 5.41) is 9.30. The largest absolute Gasteiger partial charge is 0.396 e. The maximum absolute atomic E-state index is 9.30. The van der Waals surface area contributed by atoms with Crippen LogP contribution in [0.5, 0.6) is 0 Å². The molecule has 1 aromatic heterocycles.